The second-order valence-corrected chi connectivity index (χ2v) is 7.12. The van der Waals surface area contributed by atoms with Crippen LogP contribution in [0.3, 0.4) is 0 Å². The summed E-state index contributed by atoms with van der Waals surface area (Å²) in [6, 6.07) is 32.1. The van der Waals surface area contributed by atoms with E-state index in [1.807, 2.05) is 0 Å². The number of hydrogen-bond acceptors (Lipinski definition) is 3. The Balaban J connectivity index is 0.000000425. The Labute approximate surface area is 158 Å². The first-order valence-corrected chi connectivity index (χ1v) is 9.47. The normalized spacial score (nSPS) is 11.2. The van der Waals surface area contributed by atoms with E-state index < -0.39 is 15.9 Å². The number of halogens is 2. The van der Waals surface area contributed by atoms with Crippen LogP contribution >= 0.6 is 0 Å². The Bertz CT molecular complexity index is 838. The molecule has 0 radical (unpaired) electrons. The number of hydrogen-bond donors (Lipinski definition) is 0. The molecule has 0 aliphatic rings. The van der Waals surface area contributed by atoms with Crippen molar-refractivity contribution in [3.63, 3.8) is 0 Å². The summed E-state index contributed by atoms with van der Waals surface area (Å²) in [5, 5.41) is 0. The van der Waals surface area contributed by atoms with E-state index in [4.69, 9.17) is 13.0 Å². The van der Waals surface area contributed by atoms with E-state index in [9.17, 15) is 8.78 Å². The maximum atomic E-state index is 10.6. The first-order valence-electron chi connectivity index (χ1n) is 8.06. The molecule has 0 saturated carbocycles. The quantitative estimate of drug-likeness (QED) is 0.227. The van der Waals surface area contributed by atoms with Crippen molar-refractivity contribution in [3.8, 4) is 0 Å². The van der Waals surface area contributed by atoms with E-state index in [0.717, 1.165) is 0 Å². The second kappa shape index (κ2) is 9.39. The topological polar surface area (TPSA) is 57.2 Å². The fraction of sp³-hybridized carbons (Fsp3) is 0.0952. The van der Waals surface area contributed by atoms with Crippen LogP contribution in [-0.2, 0) is 15.5 Å². The molecule has 3 rings (SSSR count). The molecule has 3 nitrogen and oxygen atoms in total. The predicted molar refractivity (Wildman–Crippen MR) is 100 cm³/mol. The van der Waals surface area contributed by atoms with Crippen molar-refractivity contribution in [1.82, 2.24) is 0 Å². The molecule has 0 fully saturated rings. The monoisotopic (exact) mass is 655 g/mol. The molecule has 7 heteroatoms. The molecule has 3 aromatic carbocycles. The zero-order valence-corrected chi connectivity index (χ0v) is 22.5. The second-order valence-electron chi connectivity index (χ2n) is 5.90. The van der Waals surface area contributed by atoms with Crippen LogP contribution < -0.4 is 0 Å². The van der Waals surface area contributed by atoms with E-state index in [1.54, 1.807) is 0 Å². The van der Waals surface area contributed by atoms with Gasteiger partial charge in [-0.1, -0.05) is 91.0 Å². The molecule has 0 aliphatic heterocycles. The third-order valence-corrected chi connectivity index (χ3v) is 4.62. The summed E-state index contributed by atoms with van der Waals surface area (Å²) in [7, 11) is -5.41. The van der Waals surface area contributed by atoms with Gasteiger partial charge in [-0.05, 0) is 23.6 Å². The summed E-state index contributed by atoms with van der Waals surface area (Å²) in [6.07, 6.45) is 0. The molecule has 0 bridgehead atoms. The SMILES string of the molecule is CC(c1ccccc1)(c1ccccc1)c1ccccc1.O=S(=O)([O-])[C-](F)F.[Rf]. The standard InChI is InChI=1S/C20H18.CHF2O3S.Rf/c1-20(17-11-5-2-6-12-17,18-13-7-3-8-14-18)19-15-9-4-10-16-19;2-1(3)7(4,5)6;/h2-16H,1H3;(H,4,5,6);/q;-1;/p-1. The van der Waals surface area contributed by atoms with Gasteiger partial charge in [0.2, 0.25) is 0 Å². The van der Waals surface area contributed by atoms with Gasteiger partial charge in [0, 0.05) is 15.5 Å². The maximum Gasteiger partial charge on any atom is 0.103 e. The van der Waals surface area contributed by atoms with Crippen LogP contribution in [-0.4, -0.2) is 13.0 Å². The Morgan fingerprint density at radius 1 is 0.714 bits per heavy atom. The first-order chi connectivity index (χ1) is 12.8. The van der Waals surface area contributed by atoms with Gasteiger partial charge in [-0.25, -0.2) is 0 Å². The Kier molecular flexibility index (Phi) is 7.54. The van der Waals surface area contributed by atoms with Gasteiger partial charge in [-0.3, -0.25) is 8.42 Å². The van der Waals surface area contributed by atoms with Gasteiger partial charge >= 0.3 is 0 Å². The number of benzene rings is 3. The summed E-state index contributed by atoms with van der Waals surface area (Å²) in [6.45, 7) is 2.30. The van der Waals surface area contributed by atoms with E-state index in [0.29, 0.717) is 0 Å². The van der Waals surface area contributed by atoms with Crippen LogP contribution in [0.1, 0.15) is 23.6 Å². The van der Waals surface area contributed by atoms with Crippen LogP contribution in [0.15, 0.2) is 91.0 Å². The molecule has 144 valence electrons. The van der Waals surface area contributed by atoms with Crippen LogP contribution in [0.2, 0.25) is 0 Å². The summed E-state index contributed by atoms with van der Waals surface area (Å²) in [4.78, 5) is 0. The summed E-state index contributed by atoms with van der Waals surface area (Å²) in [5.74, 6) is -3.09. The molecular weight excluding hydrogens is 637 g/mol. The summed E-state index contributed by atoms with van der Waals surface area (Å²) < 4.78 is 48.1. The average Bonchev–Trinajstić information content (AvgIpc) is 2.69. The first kappa shape index (κ1) is 22.5. The molecule has 0 amide bonds. The van der Waals surface area contributed by atoms with Gasteiger partial charge in [0.1, 0.15) is 5.76 Å². The van der Waals surface area contributed by atoms with Gasteiger partial charge in [-0.2, -0.15) is 0 Å². The van der Waals surface area contributed by atoms with Gasteiger partial charge < -0.3 is 13.3 Å². The number of rotatable bonds is 4. The molecule has 28 heavy (non-hydrogen) atoms. The molecule has 0 spiro atoms. The molecule has 0 aromatic heterocycles. The van der Waals surface area contributed by atoms with Crippen molar-refractivity contribution >= 4 is 10.1 Å². The zero-order valence-electron chi connectivity index (χ0n) is 15.3. The maximum absolute atomic E-state index is 10.6. The van der Waals surface area contributed by atoms with Crippen molar-refractivity contribution in [1.29, 1.82) is 0 Å². The van der Waals surface area contributed by atoms with Crippen molar-refractivity contribution < 1.29 is 21.8 Å². The predicted octanol–water partition coefficient (Wildman–Crippen LogP) is 4.96. The Morgan fingerprint density at radius 2 is 0.929 bits per heavy atom. The van der Waals surface area contributed by atoms with Crippen LogP contribution in [0.5, 0.6) is 0 Å². The third-order valence-electron chi connectivity index (χ3n) is 4.24. The van der Waals surface area contributed by atoms with Gasteiger partial charge in [0.25, 0.3) is 0 Å². The van der Waals surface area contributed by atoms with E-state index in [-0.39, 0.29) is 5.41 Å². The fourth-order valence-corrected chi connectivity index (χ4v) is 2.81. The van der Waals surface area contributed by atoms with Crippen molar-refractivity contribution in [2.24, 2.45) is 0 Å². The van der Waals surface area contributed by atoms with Gasteiger partial charge in [0.15, 0.2) is 0 Å². The molecule has 0 N–H and O–H groups in total. The van der Waals surface area contributed by atoms with Crippen LogP contribution in [0.25, 0.3) is 0 Å². The average molecular weight is 655 g/mol. The van der Waals surface area contributed by atoms with Gasteiger partial charge in [-0.15, -0.1) is 0 Å². The minimum absolute atomic E-state index is 0. The minimum atomic E-state index is -5.41. The van der Waals surface area contributed by atoms with Crippen LogP contribution in [0, 0.1) is 5.76 Å². The molecule has 0 saturated heterocycles. The summed E-state index contributed by atoms with van der Waals surface area (Å²) in [5.41, 5.74) is 3.83. The molecule has 0 unspecified atom stereocenters. The smallest absolute Gasteiger partial charge is 0.103 e. The molecule has 0 atom stereocenters. The van der Waals surface area contributed by atoms with E-state index in [1.165, 1.54) is 16.7 Å². The van der Waals surface area contributed by atoms with E-state index in [2.05, 4.69) is 97.9 Å². The Morgan fingerprint density at radius 3 is 1.11 bits per heavy atom. The Hall–Kier alpha value is -3.57. The fourth-order valence-electron chi connectivity index (χ4n) is 2.81. The summed E-state index contributed by atoms with van der Waals surface area (Å²) >= 11 is 0. The molecular formula is C21H18F2O3RfS-2. The molecule has 0 heterocycles. The minimum Gasteiger partial charge on any atom is -0.770 e. The van der Waals surface area contributed by atoms with Gasteiger partial charge in [0.05, 0.1) is 0 Å². The van der Waals surface area contributed by atoms with Crippen LogP contribution in [0.4, 0.5) is 8.78 Å². The van der Waals surface area contributed by atoms with Crippen molar-refractivity contribution in [2.75, 3.05) is 0 Å². The van der Waals surface area contributed by atoms with Crippen molar-refractivity contribution in [3.05, 3.63) is 113 Å². The largest absolute Gasteiger partial charge is 0.770 e. The third kappa shape index (κ3) is 5.22. The van der Waals surface area contributed by atoms with Crippen molar-refractivity contribution in [2.45, 2.75) is 12.3 Å². The van der Waals surface area contributed by atoms with E-state index >= 15 is 0 Å². The molecule has 0 aliphatic carbocycles. The molecule has 3 aromatic rings. The zero-order chi connectivity index (χ0) is 19.9.